The van der Waals surface area contributed by atoms with Gasteiger partial charge in [-0.05, 0) is 36.4 Å². The Morgan fingerprint density at radius 1 is 1.10 bits per heavy atom. The van der Waals surface area contributed by atoms with Gasteiger partial charge in [0, 0.05) is 54.8 Å². The highest BCUT2D eigenvalue weighted by Crippen LogP contribution is 2.28. The van der Waals surface area contributed by atoms with Gasteiger partial charge in [-0.1, -0.05) is 19.4 Å². The molecule has 0 atom stereocenters. The molecule has 30 heavy (non-hydrogen) atoms. The molecule has 2 aromatic heterocycles. The zero-order chi connectivity index (χ0) is 20.9. The molecule has 5 nitrogen and oxygen atoms in total. The minimum atomic E-state index is -0.304. The van der Waals surface area contributed by atoms with Crippen LogP contribution in [0.2, 0.25) is 0 Å². The topological polar surface area (TPSA) is 51.1 Å². The SMILES string of the molecule is CCCc1cnc(N2CC(COc3ccc(-c4ccc(SC)nc4)c(F)c3)C2)nc1. The summed E-state index contributed by atoms with van der Waals surface area (Å²) in [4.78, 5) is 15.4. The molecule has 0 amide bonds. The third-order valence-corrected chi connectivity index (χ3v) is 5.81. The first-order valence-electron chi connectivity index (χ1n) is 10.1. The Labute approximate surface area is 180 Å². The van der Waals surface area contributed by atoms with Crippen LogP contribution in [0.5, 0.6) is 5.75 Å². The molecule has 1 aliphatic rings. The highest BCUT2D eigenvalue weighted by Gasteiger charge is 2.29. The van der Waals surface area contributed by atoms with Crippen LogP contribution < -0.4 is 9.64 Å². The number of pyridine rings is 1. The Kier molecular flexibility index (Phi) is 6.47. The van der Waals surface area contributed by atoms with Gasteiger partial charge in [0.15, 0.2) is 0 Å². The van der Waals surface area contributed by atoms with E-state index in [9.17, 15) is 4.39 Å². The van der Waals surface area contributed by atoms with E-state index < -0.39 is 0 Å². The predicted octanol–water partition coefficient (Wildman–Crippen LogP) is 4.87. The van der Waals surface area contributed by atoms with Crippen molar-refractivity contribution in [3.05, 3.63) is 60.3 Å². The number of hydrogen-bond donors (Lipinski definition) is 0. The van der Waals surface area contributed by atoms with Gasteiger partial charge < -0.3 is 9.64 Å². The van der Waals surface area contributed by atoms with E-state index in [2.05, 4.69) is 26.8 Å². The van der Waals surface area contributed by atoms with Gasteiger partial charge in [0.1, 0.15) is 11.6 Å². The monoisotopic (exact) mass is 424 g/mol. The molecule has 3 heterocycles. The summed E-state index contributed by atoms with van der Waals surface area (Å²) in [7, 11) is 0. The second-order valence-corrected chi connectivity index (χ2v) is 8.28. The summed E-state index contributed by atoms with van der Waals surface area (Å²) in [6, 6.07) is 8.79. The summed E-state index contributed by atoms with van der Waals surface area (Å²) in [5, 5.41) is 0.913. The summed E-state index contributed by atoms with van der Waals surface area (Å²) in [5.41, 5.74) is 2.46. The van der Waals surface area contributed by atoms with Crippen molar-refractivity contribution >= 4 is 17.7 Å². The highest BCUT2D eigenvalue weighted by molar-refractivity contribution is 7.98. The van der Waals surface area contributed by atoms with E-state index in [1.807, 2.05) is 36.8 Å². The van der Waals surface area contributed by atoms with E-state index in [0.717, 1.165) is 42.5 Å². The molecule has 0 spiro atoms. The Morgan fingerprint density at radius 2 is 1.90 bits per heavy atom. The molecule has 0 unspecified atom stereocenters. The average molecular weight is 425 g/mol. The number of hydrogen-bond acceptors (Lipinski definition) is 6. The van der Waals surface area contributed by atoms with Crippen LogP contribution >= 0.6 is 11.8 Å². The molecular weight excluding hydrogens is 399 g/mol. The van der Waals surface area contributed by atoms with E-state index in [0.29, 0.717) is 23.8 Å². The zero-order valence-corrected chi connectivity index (χ0v) is 18.0. The molecule has 0 radical (unpaired) electrons. The number of rotatable bonds is 8. The first-order chi connectivity index (χ1) is 14.7. The van der Waals surface area contributed by atoms with Crippen LogP contribution in [0.15, 0.2) is 53.9 Å². The van der Waals surface area contributed by atoms with Crippen LogP contribution in [0.1, 0.15) is 18.9 Å². The number of aromatic nitrogens is 3. The molecule has 156 valence electrons. The lowest BCUT2D eigenvalue weighted by atomic mass is 10.0. The standard InChI is InChI=1S/C23H25FN4OS/c1-3-4-16-10-26-23(27-11-16)28-13-17(14-28)15-29-19-6-7-20(21(24)9-19)18-5-8-22(30-2)25-12-18/h5-12,17H,3-4,13-15H2,1-2H3. The minimum Gasteiger partial charge on any atom is -0.493 e. The Balaban J connectivity index is 1.29. The zero-order valence-electron chi connectivity index (χ0n) is 17.2. The van der Waals surface area contributed by atoms with Gasteiger partial charge in [0.2, 0.25) is 5.95 Å². The molecule has 1 fully saturated rings. The van der Waals surface area contributed by atoms with E-state index >= 15 is 0 Å². The molecule has 0 aliphatic carbocycles. The number of ether oxygens (including phenoxy) is 1. The summed E-state index contributed by atoms with van der Waals surface area (Å²) in [5.74, 6) is 1.39. The molecule has 1 saturated heterocycles. The van der Waals surface area contributed by atoms with Crippen LogP contribution in [0.25, 0.3) is 11.1 Å². The lowest BCUT2D eigenvalue weighted by Crippen LogP contribution is -2.50. The number of benzene rings is 1. The third-order valence-electron chi connectivity index (χ3n) is 5.15. The number of halogens is 1. The Hall–Kier alpha value is -2.67. The Morgan fingerprint density at radius 3 is 2.53 bits per heavy atom. The largest absolute Gasteiger partial charge is 0.493 e. The fourth-order valence-corrected chi connectivity index (χ4v) is 3.82. The van der Waals surface area contributed by atoms with E-state index in [1.54, 1.807) is 24.0 Å². The van der Waals surface area contributed by atoms with E-state index in [4.69, 9.17) is 4.74 Å². The first-order valence-corrected chi connectivity index (χ1v) is 11.4. The van der Waals surface area contributed by atoms with Crippen molar-refractivity contribution in [2.75, 3.05) is 30.9 Å². The summed E-state index contributed by atoms with van der Waals surface area (Å²) < 4.78 is 20.4. The lowest BCUT2D eigenvalue weighted by Gasteiger charge is -2.38. The summed E-state index contributed by atoms with van der Waals surface area (Å²) in [6.45, 7) is 4.39. The molecule has 7 heteroatoms. The van der Waals surface area contributed by atoms with Crippen molar-refractivity contribution in [1.29, 1.82) is 0 Å². The van der Waals surface area contributed by atoms with Gasteiger partial charge in [-0.3, -0.25) is 0 Å². The fourth-order valence-electron chi connectivity index (χ4n) is 3.46. The van der Waals surface area contributed by atoms with Crippen LogP contribution in [0.4, 0.5) is 10.3 Å². The van der Waals surface area contributed by atoms with Crippen molar-refractivity contribution in [2.24, 2.45) is 5.92 Å². The number of aryl methyl sites for hydroxylation is 1. The summed E-state index contributed by atoms with van der Waals surface area (Å²) in [6.07, 6.45) is 9.57. The average Bonchev–Trinajstić information content (AvgIpc) is 2.74. The van der Waals surface area contributed by atoms with Crippen molar-refractivity contribution in [3.8, 4) is 16.9 Å². The minimum absolute atomic E-state index is 0.304. The second-order valence-electron chi connectivity index (χ2n) is 7.45. The molecule has 0 N–H and O–H groups in total. The number of thioether (sulfide) groups is 1. The van der Waals surface area contributed by atoms with E-state index in [-0.39, 0.29) is 5.82 Å². The molecule has 4 rings (SSSR count). The van der Waals surface area contributed by atoms with Gasteiger partial charge in [-0.15, -0.1) is 11.8 Å². The van der Waals surface area contributed by atoms with Crippen molar-refractivity contribution < 1.29 is 9.13 Å². The van der Waals surface area contributed by atoms with Gasteiger partial charge in [0.05, 0.1) is 11.6 Å². The molecule has 0 bridgehead atoms. The van der Waals surface area contributed by atoms with Gasteiger partial charge in [-0.2, -0.15) is 0 Å². The molecular formula is C23H25FN4OS. The number of anilines is 1. The normalized spacial score (nSPS) is 13.9. The summed E-state index contributed by atoms with van der Waals surface area (Å²) >= 11 is 1.56. The van der Waals surface area contributed by atoms with Crippen LogP contribution in [-0.2, 0) is 6.42 Å². The van der Waals surface area contributed by atoms with Gasteiger partial charge in [-0.25, -0.2) is 19.3 Å². The molecule has 1 aromatic carbocycles. The van der Waals surface area contributed by atoms with Crippen LogP contribution in [0, 0.1) is 11.7 Å². The quantitative estimate of drug-likeness (QED) is 0.481. The first kappa shape index (κ1) is 20.6. The molecule has 0 saturated carbocycles. The van der Waals surface area contributed by atoms with E-state index in [1.165, 1.54) is 11.6 Å². The third kappa shape index (κ3) is 4.73. The van der Waals surface area contributed by atoms with Gasteiger partial charge in [0.25, 0.3) is 0 Å². The smallest absolute Gasteiger partial charge is 0.225 e. The van der Waals surface area contributed by atoms with Crippen LogP contribution in [0.3, 0.4) is 0 Å². The molecule has 3 aromatic rings. The fraction of sp³-hybridized carbons (Fsp3) is 0.348. The Bertz CT molecular complexity index is 975. The van der Waals surface area contributed by atoms with Crippen LogP contribution in [-0.4, -0.2) is 40.9 Å². The van der Waals surface area contributed by atoms with Crippen molar-refractivity contribution in [2.45, 2.75) is 24.8 Å². The second kappa shape index (κ2) is 9.43. The van der Waals surface area contributed by atoms with Crippen molar-refractivity contribution in [1.82, 2.24) is 15.0 Å². The lowest BCUT2D eigenvalue weighted by molar-refractivity contribution is 0.219. The predicted molar refractivity (Wildman–Crippen MR) is 119 cm³/mol. The van der Waals surface area contributed by atoms with Crippen molar-refractivity contribution in [3.63, 3.8) is 0 Å². The number of nitrogens with zero attached hydrogens (tertiary/aromatic N) is 4. The maximum atomic E-state index is 14.6. The highest BCUT2D eigenvalue weighted by atomic mass is 32.2. The molecule has 1 aliphatic heterocycles. The maximum Gasteiger partial charge on any atom is 0.225 e. The maximum absolute atomic E-state index is 14.6. The van der Waals surface area contributed by atoms with Gasteiger partial charge >= 0.3 is 0 Å².